The van der Waals surface area contributed by atoms with E-state index < -0.39 is 22.8 Å². The van der Waals surface area contributed by atoms with Crippen molar-refractivity contribution in [2.45, 2.75) is 46.0 Å². The SMILES string of the molecule is CCOC(=O)C1=C(C)NC(C)=C(C(=O)OCCN2CCCCC2)[C@@H]1c1cccc([N+](=O)[O-])c1. The van der Waals surface area contributed by atoms with Crippen LogP contribution in [0.1, 0.15) is 51.5 Å². The van der Waals surface area contributed by atoms with Crippen molar-refractivity contribution in [2.75, 3.05) is 32.8 Å². The fourth-order valence-electron chi connectivity index (χ4n) is 4.42. The lowest BCUT2D eigenvalue weighted by Gasteiger charge is -2.31. The summed E-state index contributed by atoms with van der Waals surface area (Å²) in [5.41, 5.74) is 1.90. The van der Waals surface area contributed by atoms with Gasteiger partial charge in [0.25, 0.3) is 5.69 Å². The molecule has 9 nitrogen and oxygen atoms in total. The van der Waals surface area contributed by atoms with E-state index in [1.165, 1.54) is 18.6 Å². The predicted octanol–water partition coefficient (Wildman–Crippen LogP) is 3.42. The van der Waals surface area contributed by atoms with E-state index in [4.69, 9.17) is 9.47 Å². The van der Waals surface area contributed by atoms with Crippen LogP contribution in [0.4, 0.5) is 5.69 Å². The normalized spacial score (nSPS) is 19.2. The predicted molar refractivity (Wildman–Crippen MR) is 122 cm³/mol. The monoisotopic (exact) mass is 457 g/mol. The number of nitrogens with one attached hydrogen (secondary N) is 1. The number of carbonyl (C=O) groups excluding carboxylic acids is 2. The van der Waals surface area contributed by atoms with E-state index in [0.717, 1.165) is 25.9 Å². The van der Waals surface area contributed by atoms with Crippen LogP contribution in [0.5, 0.6) is 0 Å². The number of nitro benzene ring substituents is 1. The Labute approximate surface area is 193 Å². The number of hydrogen-bond donors (Lipinski definition) is 1. The van der Waals surface area contributed by atoms with Crippen LogP contribution in [0.25, 0.3) is 0 Å². The maximum Gasteiger partial charge on any atom is 0.336 e. The summed E-state index contributed by atoms with van der Waals surface area (Å²) >= 11 is 0. The highest BCUT2D eigenvalue weighted by Gasteiger charge is 2.38. The van der Waals surface area contributed by atoms with E-state index in [0.29, 0.717) is 23.5 Å². The highest BCUT2D eigenvalue weighted by Crippen LogP contribution is 2.40. The second-order valence-electron chi connectivity index (χ2n) is 8.25. The van der Waals surface area contributed by atoms with E-state index in [1.54, 1.807) is 32.9 Å². The first-order valence-corrected chi connectivity index (χ1v) is 11.3. The Morgan fingerprint density at radius 2 is 1.73 bits per heavy atom. The summed E-state index contributed by atoms with van der Waals surface area (Å²) in [4.78, 5) is 39.2. The molecule has 178 valence electrons. The van der Waals surface area contributed by atoms with Crippen LogP contribution in [-0.2, 0) is 19.1 Å². The second-order valence-corrected chi connectivity index (χ2v) is 8.25. The zero-order valence-electron chi connectivity index (χ0n) is 19.4. The van der Waals surface area contributed by atoms with Gasteiger partial charge in [-0.25, -0.2) is 9.59 Å². The van der Waals surface area contributed by atoms with Gasteiger partial charge in [0.2, 0.25) is 0 Å². The number of rotatable bonds is 8. The van der Waals surface area contributed by atoms with Gasteiger partial charge in [-0.2, -0.15) is 0 Å². The quantitative estimate of drug-likeness (QED) is 0.359. The number of dihydropyridines is 1. The van der Waals surface area contributed by atoms with E-state index in [9.17, 15) is 19.7 Å². The van der Waals surface area contributed by atoms with Gasteiger partial charge in [-0.1, -0.05) is 18.6 Å². The number of allylic oxidation sites excluding steroid dienone is 2. The van der Waals surface area contributed by atoms with Gasteiger partial charge in [0.15, 0.2) is 0 Å². The summed E-state index contributed by atoms with van der Waals surface area (Å²) in [6, 6.07) is 5.97. The van der Waals surface area contributed by atoms with Crippen LogP contribution in [0, 0.1) is 10.1 Å². The summed E-state index contributed by atoms with van der Waals surface area (Å²) in [6.07, 6.45) is 3.51. The molecule has 0 radical (unpaired) electrons. The lowest BCUT2D eigenvalue weighted by atomic mass is 9.80. The van der Waals surface area contributed by atoms with Gasteiger partial charge in [0.1, 0.15) is 6.61 Å². The molecule has 0 bridgehead atoms. The first kappa shape index (κ1) is 24.4. The Morgan fingerprint density at radius 1 is 1.09 bits per heavy atom. The molecule has 2 aliphatic rings. The summed E-state index contributed by atoms with van der Waals surface area (Å²) in [5, 5.41) is 14.5. The Bertz CT molecular complexity index is 978. The van der Waals surface area contributed by atoms with Gasteiger partial charge < -0.3 is 14.8 Å². The average Bonchev–Trinajstić information content (AvgIpc) is 2.79. The lowest BCUT2D eigenvalue weighted by Crippen LogP contribution is -2.35. The molecule has 9 heteroatoms. The van der Waals surface area contributed by atoms with E-state index in [2.05, 4.69) is 10.2 Å². The number of esters is 2. The summed E-state index contributed by atoms with van der Waals surface area (Å²) in [7, 11) is 0. The first-order valence-electron chi connectivity index (χ1n) is 11.3. The van der Waals surface area contributed by atoms with Crippen LogP contribution >= 0.6 is 0 Å². The molecule has 1 N–H and O–H groups in total. The van der Waals surface area contributed by atoms with E-state index in [1.807, 2.05) is 0 Å². The number of non-ortho nitro benzene ring substituents is 1. The molecule has 2 aliphatic heterocycles. The molecule has 0 aromatic heterocycles. The van der Waals surface area contributed by atoms with E-state index in [-0.39, 0.29) is 30.0 Å². The number of hydrogen-bond acceptors (Lipinski definition) is 8. The third-order valence-corrected chi connectivity index (χ3v) is 5.98. The van der Waals surface area contributed by atoms with Crippen LogP contribution in [-0.4, -0.2) is 54.6 Å². The largest absolute Gasteiger partial charge is 0.463 e. The Balaban J connectivity index is 1.92. The fraction of sp³-hybridized carbons (Fsp3) is 0.500. The van der Waals surface area contributed by atoms with E-state index >= 15 is 0 Å². The molecule has 1 atom stereocenters. The number of likely N-dealkylation sites (tertiary alicyclic amines) is 1. The smallest absolute Gasteiger partial charge is 0.336 e. The Kier molecular flexibility index (Phi) is 8.21. The minimum absolute atomic E-state index is 0.123. The standard InChI is InChI=1S/C24H31N3O6/c1-4-32-23(28)20-16(2)25-17(3)21(22(20)18-9-8-10-19(15-18)27(30)31)24(29)33-14-13-26-11-6-5-7-12-26/h8-10,15,22,25H,4-7,11-14H2,1-3H3/t22-/m1/s1. The third-order valence-electron chi connectivity index (χ3n) is 5.98. The average molecular weight is 458 g/mol. The van der Waals surface area contributed by atoms with Crippen molar-refractivity contribution < 1.29 is 24.0 Å². The molecule has 33 heavy (non-hydrogen) atoms. The van der Waals surface area contributed by atoms with Crippen molar-refractivity contribution in [3.8, 4) is 0 Å². The van der Waals surface area contributed by atoms with Crippen molar-refractivity contribution in [2.24, 2.45) is 0 Å². The molecule has 0 amide bonds. The third kappa shape index (κ3) is 5.78. The Morgan fingerprint density at radius 3 is 2.33 bits per heavy atom. The van der Waals surface area contributed by atoms with Crippen molar-refractivity contribution in [1.29, 1.82) is 0 Å². The molecule has 0 saturated carbocycles. The van der Waals surface area contributed by atoms with Gasteiger partial charge in [0, 0.05) is 30.1 Å². The summed E-state index contributed by atoms with van der Waals surface area (Å²) in [5.74, 6) is -1.97. The van der Waals surface area contributed by atoms with Gasteiger partial charge in [0.05, 0.1) is 28.6 Å². The van der Waals surface area contributed by atoms with Crippen LogP contribution in [0.3, 0.4) is 0 Å². The topological polar surface area (TPSA) is 111 Å². The molecule has 0 aliphatic carbocycles. The molecular formula is C24H31N3O6. The van der Waals surface area contributed by atoms with Gasteiger partial charge in [-0.15, -0.1) is 0 Å². The molecular weight excluding hydrogens is 426 g/mol. The zero-order chi connectivity index (χ0) is 24.0. The number of benzene rings is 1. The number of carbonyl (C=O) groups is 2. The van der Waals surface area contributed by atoms with Crippen molar-refractivity contribution in [1.82, 2.24) is 10.2 Å². The van der Waals surface area contributed by atoms with Crippen LogP contribution in [0.2, 0.25) is 0 Å². The maximum atomic E-state index is 13.2. The molecule has 1 aromatic carbocycles. The van der Waals surface area contributed by atoms with Crippen LogP contribution in [0.15, 0.2) is 46.8 Å². The number of piperidine rings is 1. The number of ether oxygens (including phenoxy) is 2. The minimum Gasteiger partial charge on any atom is -0.463 e. The maximum absolute atomic E-state index is 13.2. The highest BCUT2D eigenvalue weighted by molar-refractivity contribution is 5.99. The second kappa shape index (κ2) is 11.1. The van der Waals surface area contributed by atoms with Gasteiger partial charge in [-0.3, -0.25) is 15.0 Å². The molecule has 1 fully saturated rings. The molecule has 1 saturated heterocycles. The lowest BCUT2D eigenvalue weighted by molar-refractivity contribution is -0.384. The van der Waals surface area contributed by atoms with Gasteiger partial charge >= 0.3 is 11.9 Å². The molecule has 0 spiro atoms. The van der Waals surface area contributed by atoms with Crippen molar-refractivity contribution in [3.05, 3.63) is 62.5 Å². The summed E-state index contributed by atoms with van der Waals surface area (Å²) in [6.45, 7) is 8.17. The van der Waals surface area contributed by atoms with Gasteiger partial charge in [-0.05, 0) is 52.3 Å². The van der Waals surface area contributed by atoms with Crippen LogP contribution < -0.4 is 5.32 Å². The molecule has 2 heterocycles. The number of nitro groups is 1. The van der Waals surface area contributed by atoms with Crippen molar-refractivity contribution >= 4 is 17.6 Å². The molecule has 3 rings (SSSR count). The first-order chi connectivity index (χ1) is 15.8. The highest BCUT2D eigenvalue weighted by atomic mass is 16.6. The number of nitrogens with zero attached hydrogens (tertiary/aromatic N) is 2. The summed E-state index contributed by atoms with van der Waals surface area (Å²) < 4.78 is 10.9. The molecule has 1 aromatic rings. The fourth-order valence-corrected chi connectivity index (χ4v) is 4.42. The van der Waals surface area contributed by atoms with Crippen molar-refractivity contribution in [3.63, 3.8) is 0 Å². The minimum atomic E-state index is -0.840. The zero-order valence-corrected chi connectivity index (χ0v) is 19.4. The molecule has 0 unspecified atom stereocenters. The Hall–Kier alpha value is -3.20.